The van der Waals surface area contributed by atoms with E-state index in [1.54, 1.807) is 12.1 Å². The number of hydrogen-bond donors (Lipinski definition) is 0. The standard InChI is InChI=1S/C37H30F6O2S/c1-2-44-16-15-24-7-14-35(46-22-24)27-10-12-29(30(38)19-27)26-8-5-23(6-9-26)3-4-25-17-32(40)37(33(41)18-25)28-11-13-34(31(39)20-28)45-21-36(42)43/h2,5,8,10-13,17-21,24,35H,1,6-7,9,14-16,22H2. The van der Waals surface area contributed by atoms with Gasteiger partial charge in [0.15, 0.2) is 17.8 Å². The highest BCUT2D eigenvalue weighted by Gasteiger charge is 2.24. The van der Waals surface area contributed by atoms with Gasteiger partial charge in [-0.25, -0.2) is 17.6 Å². The van der Waals surface area contributed by atoms with E-state index in [1.807, 2.05) is 30.0 Å². The highest BCUT2D eigenvalue weighted by molar-refractivity contribution is 7.99. The van der Waals surface area contributed by atoms with Crippen LogP contribution in [0.25, 0.3) is 16.7 Å². The van der Waals surface area contributed by atoms with Crippen molar-refractivity contribution in [2.45, 2.75) is 37.4 Å². The number of halogens is 6. The first kappa shape index (κ1) is 33.1. The minimum atomic E-state index is -2.16. The van der Waals surface area contributed by atoms with E-state index in [4.69, 9.17) is 4.74 Å². The molecule has 1 heterocycles. The van der Waals surface area contributed by atoms with Crippen LogP contribution >= 0.6 is 11.8 Å². The van der Waals surface area contributed by atoms with Crippen LogP contribution in [0.15, 0.2) is 91.4 Å². The van der Waals surface area contributed by atoms with E-state index in [0.29, 0.717) is 30.9 Å². The Bertz CT molecular complexity index is 1730. The maximum atomic E-state index is 15.2. The molecule has 0 aromatic heterocycles. The van der Waals surface area contributed by atoms with Crippen molar-refractivity contribution < 1.29 is 35.8 Å². The predicted molar refractivity (Wildman–Crippen MR) is 170 cm³/mol. The van der Waals surface area contributed by atoms with Crippen LogP contribution in [0.5, 0.6) is 5.75 Å². The van der Waals surface area contributed by atoms with Crippen LogP contribution in [0.1, 0.15) is 54.0 Å². The van der Waals surface area contributed by atoms with E-state index in [0.717, 1.165) is 72.1 Å². The summed E-state index contributed by atoms with van der Waals surface area (Å²) in [7, 11) is 0. The van der Waals surface area contributed by atoms with E-state index in [-0.39, 0.29) is 28.5 Å². The molecule has 0 amide bonds. The molecule has 0 spiro atoms. The molecule has 0 saturated carbocycles. The Morgan fingerprint density at radius 3 is 2.33 bits per heavy atom. The lowest BCUT2D eigenvalue weighted by molar-refractivity contribution is 0.222. The Morgan fingerprint density at radius 1 is 0.891 bits per heavy atom. The molecule has 46 heavy (non-hydrogen) atoms. The summed E-state index contributed by atoms with van der Waals surface area (Å²) < 4.78 is 93.5. The van der Waals surface area contributed by atoms with Gasteiger partial charge in [0.05, 0.1) is 18.4 Å². The van der Waals surface area contributed by atoms with Gasteiger partial charge in [0.2, 0.25) is 0 Å². The van der Waals surface area contributed by atoms with Crippen LogP contribution in [-0.4, -0.2) is 12.4 Å². The van der Waals surface area contributed by atoms with Crippen LogP contribution < -0.4 is 4.74 Å². The molecule has 1 aliphatic heterocycles. The van der Waals surface area contributed by atoms with Crippen molar-refractivity contribution in [2.75, 3.05) is 12.4 Å². The molecule has 2 atom stereocenters. The molecular formula is C37H30F6O2S. The summed E-state index contributed by atoms with van der Waals surface area (Å²) in [5.74, 6) is 3.55. The fraction of sp³-hybridized carbons (Fsp3) is 0.243. The SMILES string of the molecule is C=COCCC1CCC(c2ccc(C3=CC=C(C#Cc4cc(F)c(-c5ccc(OC=C(F)F)c(F)c5)c(F)c4)CC3)c(F)c2)SC1. The van der Waals surface area contributed by atoms with Gasteiger partial charge in [-0.05, 0) is 90.8 Å². The van der Waals surface area contributed by atoms with E-state index in [9.17, 15) is 22.0 Å². The van der Waals surface area contributed by atoms with Crippen molar-refractivity contribution in [1.29, 1.82) is 0 Å². The molecule has 0 N–H and O–H groups in total. The third-order valence-electron chi connectivity index (χ3n) is 7.90. The van der Waals surface area contributed by atoms with Gasteiger partial charge in [0, 0.05) is 21.9 Å². The fourth-order valence-electron chi connectivity index (χ4n) is 5.51. The summed E-state index contributed by atoms with van der Waals surface area (Å²) in [5, 5.41) is 0.269. The van der Waals surface area contributed by atoms with Crippen LogP contribution in [0.2, 0.25) is 0 Å². The smallest absolute Gasteiger partial charge is 0.305 e. The first-order valence-electron chi connectivity index (χ1n) is 14.7. The maximum absolute atomic E-state index is 15.2. The predicted octanol–water partition coefficient (Wildman–Crippen LogP) is 10.9. The Labute approximate surface area is 268 Å². The maximum Gasteiger partial charge on any atom is 0.305 e. The zero-order valence-corrected chi connectivity index (χ0v) is 25.5. The van der Waals surface area contributed by atoms with Crippen LogP contribution in [-0.2, 0) is 4.74 Å². The number of benzene rings is 3. The lowest BCUT2D eigenvalue weighted by atomic mass is 9.91. The Balaban J connectivity index is 1.24. The molecular weight excluding hydrogens is 622 g/mol. The molecule has 5 rings (SSSR count). The van der Waals surface area contributed by atoms with E-state index >= 15 is 4.39 Å². The van der Waals surface area contributed by atoms with Gasteiger partial charge in [-0.15, -0.1) is 0 Å². The van der Waals surface area contributed by atoms with Crippen molar-refractivity contribution >= 4 is 17.3 Å². The Kier molecular flexibility index (Phi) is 11.0. The van der Waals surface area contributed by atoms with E-state index < -0.39 is 34.8 Å². The van der Waals surface area contributed by atoms with Gasteiger partial charge in [0.1, 0.15) is 17.5 Å². The number of thioether (sulfide) groups is 1. The van der Waals surface area contributed by atoms with Crippen LogP contribution in [0, 0.1) is 41.0 Å². The van der Waals surface area contributed by atoms with Gasteiger partial charge in [-0.2, -0.15) is 20.5 Å². The second-order valence-electron chi connectivity index (χ2n) is 11.0. The third-order valence-corrected chi connectivity index (χ3v) is 9.47. The first-order chi connectivity index (χ1) is 22.2. The molecule has 2 aliphatic rings. The van der Waals surface area contributed by atoms with E-state index in [1.165, 1.54) is 6.26 Å². The number of ether oxygens (including phenoxy) is 2. The second-order valence-corrected chi connectivity index (χ2v) is 12.2. The highest BCUT2D eigenvalue weighted by atomic mass is 32.2. The zero-order chi connectivity index (χ0) is 32.6. The highest BCUT2D eigenvalue weighted by Crippen LogP contribution is 2.42. The summed E-state index contributed by atoms with van der Waals surface area (Å²) in [6.07, 6.45) is 7.15. The lowest BCUT2D eigenvalue weighted by Gasteiger charge is -2.28. The molecule has 1 aliphatic carbocycles. The van der Waals surface area contributed by atoms with Gasteiger partial charge in [-0.3, -0.25) is 0 Å². The molecule has 3 aromatic carbocycles. The zero-order valence-electron chi connectivity index (χ0n) is 24.7. The monoisotopic (exact) mass is 652 g/mol. The molecule has 3 aromatic rings. The lowest BCUT2D eigenvalue weighted by Crippen LogP contribution is -2.15. The summed E-state index contributed by atoms with van der Waals surface area (Å²) in [6, 6.07) is 10.5. The molecule has 1 saturated heterocycles. The summed E-state index contributed by atoms with van der Waals surface area (Å²) in [4.78, 5) is 0. The van der Waals surface area contributed by atoms with Crippen molar-refractivity contribution in [3.05, 3.63) is 131 Å². The van der Waals surface area contributed by atoms with Crippen molar-refractivity contribution in [1.82, 2.24) is 0 Å². The topological polar surface area (TPSA) is 18.5 Å². The number of hydrogen-bond acceptors (Lipinski definition) is 3. The molecule has 238 valence electrons. The second kappa shape index (κ2) is 15.3. The normalized spacial score (nSPS) is 17.6. The summed E-state index contributed by atoms with van der Waals surface area (Å²) in [5.41, 5.74) is 2.59. The van der Waals surface area contributed by atoms with Gasteiger partial charge in [0.25, 0.3) is 0 Å². The molecule has 2 nitrogen and oxygen atoms in total. The Morgan fingerprint density at radius 2 is 1.70 bits per heavy atom. The number of allylic oxidation sites excluding steroid dienone is 4. The van der Waals surface area contributed by atoms with Gasteiger partial charge >= 0.3 is 6.08 Å². The average Bonchev–Trinajstić information content (AvgIpc) is 3.04. The van der Waals surface area contributed by atoms with Crippen LogP contribution in [0.3, 0.4) is 0 Å². The quantitative estimate of drug-likeness (QED) is 0.0992. The Hall–Kier alpha value is -4.29. The number of rotatable bonds is 9. The first-order valence-corrected chi connectivity index (χ1v) is 15.8. The van der Waals surface area contributed by atoms with Gasteiger partial charge < -0.3 is 9.47 Å². The minimum absolute atomic E-state index is 0.0656. The minimum Gasteiger partial charge on any atom is -0.502 e. The van der Waals surface area contributed by atoms with Crippen molar-refractivity contribution in [2.24, 2.45) is 5.92 Å². The van der Waals surface area contributed by atoms with Crippen LogP contribution in [0.4, 0.5) is 26.3 Å². The molecule has 1 fully saturated rings. The van der Waals surface area contributed by atoms with E-state index in [2.05, 4.69) is 23.2 Å². The fourth-order valence-corrected chi connectivity index (χ4v) is 6.99. The molecule has 2 unspecified atom stereocenters. The van der Waals surface area contributed by atoms with Crippen molar-refractivity contribution in [3.8, 4) is 28.7 Å². The average molecular weight is 653 g/mol. The molecule has 0 radical (unpaired) electrons. The summed E-state index contributed by atoms with van der Waals surface area (Å²) >= 11 is 1.86. The third kappa shape index (κ3) is 8.29. The molecule has 9 heteroatoms. The van der Waals surface area contributed by atoms with Crippen molar-refractivity contribution in [3.63, 3.8) is 0 Å². The summed E-state index contributed by atoms with van der Waals surface area (Å²) in [6.45, 7) is 4.25. The largest absolute Gasteiger partial charge is 0.502 e. The molecule has 0 bridgehead atoms. The van der Waals surface area contributed by atoms with Gasteiger partial charge in [-0.1, -0.05) is 48.8 Å².